The molecule has 0 aliphatic heterocycles. The van der Waals surface area contributed by atoms with Crippen LogP contribution in [0.25, 0.3) is 11.2 Å². The molecule has 0 bridgehead atoms. The van der Waals surface area contributed by atoms with Crippen LogP contribution in [0.1, 0.15) is 5.56 Å². The van der Waals surface area contributed by atoms with Crippen molar-refractivity contribution in [3.8, 4) is 11.5 Å². The Labute approximate surface area is 230 Å². The Kier molecular flexibility index (Phi) is 8.16. The number of aryl methyl sites for hydroxylation is 2. The summed E-state index contributed by atoms with van der Waals surface area (Å²) in [5, 5.41) is 5.24. The van der Waals surface area contributed by atoms with Gasteiger partial charge in [-0.15, -0.1) is 0 Å². The molecule has 0 aliphatic rings. The number of pyridine rings is 3. The number of aromatic nitrogens is 5. The minimum Gasteiger partial charge on any atom is -0.454 e. The fourth-order valence-corrected chi connectivity index (χ4v) is 3.80. The minimum atomic E-state index is -4.65. The summed E-state index contributed by atoms with van der Waals surface area (Å²) in [6, 6.07) is 3.69. The molecule has 40 heavy (non-hydrogen) atoms. The molecule has 0 spiro atoms. The summed E-state index contributed by atoms with van der Waals surface area (Å²) < 4.78 is 53.0. The Morgan fingerprint density at radius 2 is 1.95 bits per heavy atom. The second kappa shape index (κ2) is 11.4. The van der Waals surface area contributed by atoms with Crippen LogP contribution < -0.4 is 20.9 Å². The van der Waals surface area contributed by atoms with E-state index in [2.05, 4.69) is 25.6 Å². The van der Waals surface area contributed by atoms with Gasteiger partial charge in [0.1, 0.15) is 34.4 Å². The smallest absolute Gasteiger partial charge is 0.417 e. The van der Waals surface area contributed by atoms with Crippen LogP contribution in [0.3, 0.4) is 0 Å². The van der Waals surface area contributed by atoms with Gasteiger partial charge in [0.15, 0.2) is 11.4 Å². The Morgan fingerprint density at radius 3 is 2.65 bits per heavy atom. The third kappa shape index (κ3) is 6.43. The maximum atomic E-state index is 13.3. The number of anilines is 3. The van der Waals surface area contributed by atoms with Gasteiger partial charge < -0.3 is 28.8 Å². The number of amides is 1. The molecule has 0 radical (unpaired) electrons. The van der Waals surface area contributed by atoms with E-state index in [-0.39, 0.29) is 46.2 Å². The van der Waals surface area contributed by atoms with Crippen molar-refractivity contribution >= 4 is 46.3 Å². The highest BCUT2D eigenvalue weighted by atomic mass is 35.5. The summed E-state index contributed by atoms with van der Waals surface area (Å²) in [6.45, 7) is 0.750. The molecule has 4 heterocycles. The molecule has 2 N–H and O–H groups in total. The number of nitrogens with one attached hydrogen (secondary N) is 2. The van der Waals surface area contributed by atoms with Crippen LogP contribution >= 0.6 is 11.6 Å². The Bertz CT molecular complexity index is 1620. The van der Waals surface area contributed by atoms with E-state index in [1.165, 1.54) is 36.1 Å². The molecule has 4 rings (SSSR count). The molecule has 4 aromatic rings. The third-order valence-corrected chi connectivity index (χ3v) is 5.89. The average Bonchev–Trinajstić information content (AvgIpc) is 3.18. The van der Waals surface area contributed by atoms with Gasteiger partial charge >= 0.3 is 12.3 Å². The Morgan fingerprint density at radius 1 is 1.20 bits per heavy atom. The highest BCUT2D eigenvalue weighted by Gasteiger charge is 2.32. The van der Waals surface area contributed by atoms with Gasteiger partial charge in [-0.2, -0.15) is 18.2 Å². The number of nitrogens with zero attached hydrogens (tertiary/aromatic N) is 6. The van der Waals surface area contributed by atoms with Crippen LogP contribution in [0.2, 0.25) is 5.02 Å². The SMILES string of the molecule is CN(C)CCOC(=O)Nc1cc(Oc2cnc3nc(Nc4cc(C(F)(F)F)cn(C)c4=O)n(C)c3c2Cl)ccn1. The number of likely N-dealkylation sites (N-methyl/N-ethyl adjacent to an activating group) is 1. The van der Waals surface area contributed by atoms with Gasteiger partial charge in [-0.3, -0.25) is 10.1 Å². The Balaban J connectivity index is 1.57. The van der Waals surface area contributed by atoms with Crippen LogP contribution in [-0.4, -0.2) is 62.3 Å². The maximum Gasteiger partial charge on any atom is 0.417 e. The standard InChI is InChI=1S/C24H24ClF3N8O4/c1-34(2)7-8-39-23(38)32-17-10-14(5-6-29-17)40-16-11-30-20-19(18(16)25)36(4)22(33-20)31-15-9-13(24(26,27)28)12-35(3)21(15)37/h5-6,9-12H,7-8H2,1-4H3,(H,29,32,38)(H,30,31,33). The zero-order valence-corrected chi connectivity index (χ0v) is 22.5. The van der Waals surface area contributed by atoms with Gasteiger partial charge in [0.25, 0.3) is 5.56 Å². The molecule has 0 saturated carbocycles. The monoisotopic (exact) mass is 580 g/mol. The van der Waals surface area contributed by atoms with E-state index in [1.54, 1.807) is 7.05 Å². The number of imidazole rings is 1. The number of hydrogen-bond acceptors (Lipinski definition) is 9. The zero-order chi connectivity index (χ0) is 29.2. The zero-order valence-electron chi connectivity index (χ0n) is 21.7. The van der Waals surface area contributed by atoms with E-state index < -0.39 is 23.4 Å². The number of fused-ring (bicyclic) bond motifs is 1. The molecule has 0 saturated heterocycles. The molecule has 12 nitrogen and oxygen atoms in total. The number of alkyl halides is 3. The first-order chi connectivity index (χ1) is 18.8. The van der Waals surface area contributed by atoms with Gasteiger partial charge in [0.05, 0.1) is 11.8 Å². The maximum absolute atomic E-state index is 13.3. The molecule has 0 atom stereocenters. The van der Waals surface area contributed by atoms with Crippen molar-refractivity contribution in [1.82, 2.24) is 29.0 Å². The average molecular weight is 581 g/mol. The van der Waals surface area contributed by atoms with Crippen molar-refractivity contribution < 1.29 is 27.4 Å². The first-order valence-corrected chi connectivity index (χ1v) is 12.0. The first-order valence-electron chi connectivity index (χ1n) is 11.6. The largest absolute Gasteiger partial charge is 0.454 e. The highest BCUT2D eigenvalue weighted by molar-refractivity contribution is 6.36. The minimum absolute atomic E-state index is 0.0288. The van der Waals surface area contributed by atoms with Gasteiger partial charge in [-0.1, -0.05) is 11.6 Å². The number of hydrogen-bond donors (Lipinski definition) is 2. The fourth-order valence-electron chi connectivity index (χ4n) is 3.50. The summed E-state index contributed by atoms with van der Waals surface area (Å²) in [6.07, 6.45) is -1.91. The lowest BCUT2D eigenvalue weighted by Crippen LogP contribution is -2.23. The second-order valence-electron chi connectivity index (χ2n) is 8.83. The van der Waals surface area contributed by atoms with Gasteiger partial charge in [-0.25, -0.2) is 14.8 Å². The van der Waals surface area contributed by atoms with Gasteiger partial charge in [0, 0.05) is 39.1 Å². The van der Waals surface area contributed by atoms with E-state index in [9.17, 15) is 22.8 Å². The second-order valence-corrected chi connectivity index (χ2v) is 9.21. The summed E-state index contributed by atoms with van der Waals surface area (Å²) in [5.41, 5.74) is -1.58. The highest BCUT2D eigenvalue weighted by Crippen LogP contribution is 2.36. The fraction of sp³-hybridized carbons (Fsp3) is 0.292. The number of carbonyl (C=O) groups excluding carboxylic acids is 1. The van der Waals surface area contributed by atoms with E-state index in [1.807, 2.05) is 19.0 Å². The van der Waals surface area contributed by atoms with Crippen molar-refractivity contribution in [3.05, 3.63) is 57.7 Å². The predicted octanol–water partition coefficient (Wildman–Crippen LogP) is 4.38. The lowest BCUT2D eigenvalue weighted by Gasteiger charge is -2.12. The third-order valence-electron chi connectivity index (χ3n) is 5.52. The quantitative estimate of drug-likeness (QED) is 0.312. The molecular formula is C24H24ClF3N8O4. The van der Waals surface area contributed by atoms with Crippen molar-refractivity contribution in [3.63, 3.8) is 0 Å². The van der Waals surface area contributed by atoms with E-state index in [0.29, 0.717) is 24.3 Å². The van der Waals surface area contributed by atoms with Gasteiger partial charge in [0.2, 0.25) is 5.95 Å². The van der Waals surface area contributed by atoms with Gasteiger partial charge in [-0.05, 0) is 26.2 Å². The number of carbonyl (C=O) groups is 1. The number of rotatable bonds is 8. The molecule has 0 aromatic carbocycles. The van der Waals surface area contributed by atoms with Crippen LogP contribution in [0, 0.1) is 0 Å². The molecule has 0 fully saturated rings. The molecule has 1 amide bonds. The van der Waals surface area contributed by atoms with Crippen molar-refractivity contribution in [2.24, 2.45) is 14.1 Å². The van der Waals surface area contributed by atoms with Crippen molar-refractivity contribution in [1.29, 1.82) is 0 Å². The van der Waals surface area contributed by atoms with Crippen molar-refractivity contribution in [2.75, 3.05) is 37.9 Å². The lowest BCUT2D eigenvalue weighted by atomic mass is 10.2. The van der Waals surface area contributed by atoms with Crippen LogP contribution in [0.5, 0.6) is 11.5 Å². The normalized spacial score (nSPS) is 11.6. The first kappa shape index (κ1) is 28.6. The van der Waals surface area contributed by atoms with Crippen molar-refractivity contribution in [2.45, 2.75) is 6.18 Å². The van der Waals surface area contributed by atoms with E-state index in [0.717, 1.165) is 4.57 Å². The summed E-state index contributed by atoms with van der Waals surface area (Å²) in [7, 11) is 6.46. The molecule has 4 aromatic heterocycles. The van der Waals surface area contributed by atoms with Crippen LogP contribution in [0.4, 0.5) is 35.4 Å². The number of halogens is 4. The molecule has 0 unspecified atom stereocenters. The summed E-state index contributed by atoms with van der Waals surface area (Å²) >= 11 is 6.58. The molecular weight excluding hydrogens is 557 g/mol. The Hall–Kier alpha value is -4.37. The summed E-state index contributed by atoms with van der Waals surface area (Å²) in [5.74, 6) is 0.604. The topological polar surface area (TPSA) is 128 Å². The number of ether oxygens (including phenoxy) is 2. The van der Waals surface area contributed by atoms with Crippen LogP contribution in [0.15, 0.2) is 41.6 Å². The molecule has 212 valence electrons. The molecule has 0 aliphatic carbocycles. The lowest BCUT2D eigenvalue weighted by molar-refractivity contribution is -0.138. The van der Waals surface area contributed by atoms with Crippen LogP contribution in [-0.2, 0) is 25.0 Å². The van der Waals surface area contributed by atoms with E-state index >= 15 is 0 Å². The molecule has 16 heteroatoms. The predicted molar refractivity (Wildman–Crippen MR) is 141 cm³/mol. The van der Waals surface area contributed by atoms with E-state index in [4.69, 9.17) is 21.1 Å². The summed E-state index contributed by atoms with van der Waals surface area (Å²) in [4.78, 5) is 38.9.